The summed E-state index contributed by atoms with van der Waals surface area (Å²) >= 11 is 1.10. The summed E-state index contributed by atoms with van der Waals surface area (Å²) in [5.74, 6) is 5.80. The molecule has 1 amide bonds. The number of nitrogens with two attached hydrogens (primary N) is 1. The summed E-state index contributed by atoms with van der Waals surface area (Å²) in [7, 11) is 0. The molecular formula is C15H18F3N5O2S. The van der Waals surface area contributed by atoms with E-state index in [2.05, 4.69) is 20.3 Å². The first-order chi connectivity index (χ1) is 12.0. The van der Waals surface area contributed by atoms with Gasteiger partial charge >= 0.3 is 6.36 Å². The van der Waals surface area contributed by atoms with Crippen LogP contribution in [0.3, 0.4) is 0 Å². The van der Waals surface area contributed by atoms with Crippen molar-refractivity contribution in [3.05, 3.63) is 30.1 Å². The van der Waals surface area contributed by atoms with Crippen LogP contribution in [0, 0.1) is 0 Å². The maximum absolute atomic E-state index is 12.1. The Labute approximate surface area is 152 Å². The number of carbonyl (C=O) groups excluding carboxylic acids is 1. The number of thioether (sulfide) groups is 1. The molecule has 1 aromatic heterocycles. The van der Waals surface area contributed by atoms with Crippen molar-refractivity contribution < 1.29 is 22.7 Å². The van der Waals surface area contributed by atoms with Crippen molar-refractivity contribution in [2.75, 3.05) is 16.9 Å². The highest BCUT2D eigenvalue weighted by Crippen LogP contribution is 2.25. The molecule has 0 saturated carbocycles. The van der Waals surface area contributed by atoms with Gasteiger partial charge in [-0.3, -0.25) is 4.79 Å². The highest BCUT2D eigenvalue weighted by atomic mass is 32.2. The summed E-state index contributed by atoms with van der Waals surface area (Å²) in [6.45, 7) is 5.81. The molecule has 0 fully saturated rings. The maximum Gasteiger partial charge on any atom is 0.573 e. The number of halogens is 3. The van der Waals surface area contributed by atoms with E-state index in [0.29, 0.717) is 16.7 Å². The Morgan fingerprint density at radius 1 is 1.23 bits per heavy atom. The van der Waals surface area contributed by atoms with Gasteiger partial charge in [-0.1, -0.05) is 32.5 Å². The van der Waals surface area contributed by atoms with Crippen LogP contribution >= 0.6 is 11.8 Å². The van der Waals surface area contributed by atoms with E-state index in [1.807, 2.05) is 20.8 Å². The molecule has 0 aliphatic heterocycles. The van der Waals surface area contributed by atoms with Gasteiger partial charge < -0.3 is 15.9 Å². The average molecular weight is 389 g/mol. The predicted octanol–water partition coefficient (Wildman–Crippen LogP) is 2.92. The quantitative estimate of drug-likeness (QED) is 0.603. The number of anilines is 1. The molecule has 0 aliphatic rings. The summed E-state index contributed by atoms with van der Waals surface area (Å²) in [6, 6.07) is 4.85. The number of hydrogen-bond acceptors (Lipinski definition) is 6. The summed E-state index contributed by atoms with van der Waals surface area (Å²) in [6.07, 6.45) is -4.76. The van der Waals surface area contributed by atoms with Gasteiger partial charge in [0.15, 0.2) is 5.82 Å². The minimum absolute atomic E-state index is 0.0142. The van der Waals surface area contributed by atoms with Crippen LogP contribution in [0.15, 0.2) is 29.4 Å². The molecule has 2 aromatic rings. The van der Waals surface area contributed by atoms with Crippen molar-refractivity contribution in [3.63, 3.8) is 0 Å². The smallest absolute Gasteiger partial charge is 0.406 e. The first-order valence-corrected chi connectivity index (χ1v) is 8.44. The van der Waals surface area contributed by atoms with Gasteiger partial charge in [0.2, 0.25) is 11.1 Å². The lowest BCUT2D eigenvalue weighted by Gasteiger charge is -2.16. The van der Waals surface area contributed by atoms with E-state index in [4.69, 9.17) is 5.84 Å². The second-order valence-corrected chi connectivity index (χ2v) is 7.28. The zero-order chi connectivity index (χ0) is 19.5. The summed E-state index contributed by atoms with van der Waals surface area (Å²) < 4.78 is 41.4. The minimum Gasteiger partial charge on any atom is -0.406 e. The van der Waals surface area contributed by atoms with Crippen LogP contribution in [0.25, 0.3) is 0 Å². The molecule has 0 spiro atoms. The number of carbonyl (C=O) groups is 1. The van der Waals surface area contributed by atoms with Gasteiger partial charge in [-0.05, 0) is 24.3 Å². The van der Waals surface area contributed by atoms with Crippen molar-refractivity contribution in [1.82, 2.24) is 14.9 Å². The molecule has 7 nitrogen and oxygen atoms in total. The van der Waals surface area contributed by atoms with Gasteiger partial charge in [-0.2, -0.15) is 0 Å². The molecule has 0 unspecified atom stereocenters. The molecule has 11 heteroatoms. The number of nitrogen functional groups attached to an aromatic ring is 1. The molecule has 1 heterocycles. The maximum atomic E-state index is 12.1. The molecule has 1 aromatic carbocycles. The molecule has 3 N–H and O–H groups in total. The first kappa shape index (κ1) is 19.9. The Balaban J connectivity index is 1.90. The third-order valence-corrected chi connectivity index (χ3v) is 3.98. The Morgan fingerprint density at radius 3 is 2.35 bits per heavy atom. The summed E-state index contributed by atoms with van der Waals surface area (Å²) in [4.78, 5) is 12.0. The number of hydrogen-bond donors (Lipinski definition) is 2. The zero-order valence-corrected chi connectivity index (χ0v) is 15.1. The SMILES string of the molecule is CC(C)(C)c1nnc(SCC(=O)Nc2ccc(OC(F)(F)F)cc2)n1N. The van der Waals surface area contributed by atoms with Crippen molar-refractivity contribution in [2.24, 2.45) is 0 Å². The Bertz CT molecular complexity index is 769. The van der Waals surface area contributed by atoms with Crippen LogP contribution in [0.1, 0.15) is 26.6 Å². The van der Waals surface area contributed by atoms with Gasteiger partial charge in [-0.15, -0.1) is 23.4 Å². The third kappa shape index (κ3) is 5.55. The number of nitrogens with zero attached hydrogens (tertiary/aromatic N) is 3. The number of alkyl halides is 3. The van der Waals surface area contributed by atoms with E-state index in [9.17, 15) is 18.0 Å². The predicted molar refractivity (Wildman–Crippen MR) is 91.4 cm³/mol. The number of nitrogens with one attached hydrogen (secondary N) is 1. The van der Waals surface area contributed by atoms with Gasteiger partial charge in [0.1, 0.15) is 5.75 Å². The second-order valence-electron chi connectivity index (χ2n) is 6.34. The normalized spacial score (nSPS) is 12.1. The first-order valence-electron chi connectivity index (χ1n) is 7.45. The Morgan fingerprint density at radius 2 is 1.85 bits per heavy atom. The number of ether oxygens (including phenoxy) is 1. The van der Waals surface area contributed by atoms with Gasteiger partial charge in [-0.25, -0.2) is 4.68 Å². The van der Waals surface area contributed by atoms with E-state index in [1.54, 1.807) is 0 Å². The fourth-order valence-electron chi connectivity index (χ4n) is 1.95. The van der Waals surface area contributed by atoms with Gasteiger partial charge in [0.25, 0.3) is 0 Å². The highest BCUT2D eigenvalue weighted by molar-refractivity contribution is 7.99. The van der Waals surface area contributed by atoms with Crippen molar-refractivity contribution >= 4 is 23.4 Å². The molecule has 142 valence electrons. The molecule has 0 saturated heterocycles. The minimum atomic E-state index is -4.76. The lowest BCUT2D eigenvalue weighted by molar-refractivity contribution is -0.274. The summed E-state index contributed by atoms with van der Waals surface area (Å²) in [5, 5.41) is 10.9. The molecule has 0 bridgehead atoms. The number of rotatable bonds is 5. The number of amides is 1. The van der Waals surface area contributed by atoms with E-state index in [1.165, 1.54) is 16.8 Å². The van der Waals surface area contributed by atoms with Crippen LogP contribution in [0.2, 0.25) is 0 Å². The lowest BCUT2D eigenvalue weighted by Crippen LogP contribution is -2.24. The van der Waals surface area contributed by atoms with Crippen LogP contribution in [-0.2, 0) is 10.2 Å². The summed E-state index contributed by atoms with van der Waals surface area (Å²) in [5.41, 5.74) is 0.0537. The van der Waals surface area contributed by atoms with E-state index >= 15 is 0 Å². The fraction of sp³-hybridized carbons (Fsp3) is 0.400. The monoisotopic (exact) mass is 389 g/mol. The van der Waals surface area contributed by atoms with Crippen LogP contribution < -0.4 is 15.9 Å². The largest absolute Gasteiger partial charge is 0.573 e. The van der Waals surface area contributed by atoms with Crippen molar-refractivity contribution in [1.29, 1.82) is 0 Å². The van der Waals surface area contributed by atoms with E-state index in [-0.39, 0.29) is 22.8 Å². The van der Waals surface area contributed by atoms with E-state index < -0.39 is 6.36 Å². The third-order valence-electron chi connectivity index (χ3n) is 3.04. The van der Waals surface area contributed by atoms with Crippen LogP contribution in [0.4, 0.5) is 18.9 Å². The zero-order valence-electron chi connectivity index (χ0n) is 14.3. The standard InChI is InChI=1S/C15H18F3N5O2S/c1-14(2,3)12-21-22-13(23(12)19)26-8-11(24)20-9-4-6-10(7-5-9)25-15(16,17)18/h4-7H,8,19H2,1-3H3,(H,20,24). The van der Waals surface area contributed by atoms with Gasteiger partial charge in [0.05, 0.1) is 5.75 Å². The van der Waals surface area contributed by atoms with E-state index in [0.717, 1.165) is 23.9 Å². The van der Waals surface area contributed by atoms with Crippen LogP contribution in [0.5, 0.6) is 5.75 Å². The van der Waals surface area contributed by atoms with Gasteiger partial charge in [0, 0.05) is 11.1 Å². The molecular weight excluding hydrogens is 371 g/mol. The fourth-order valence-corrected chi connectivity index (χ4v) is 2.61. The average Bonchev–Trinajstić information content (AvgIpc) is 2.87. The van der Waals surface area contributed by atoms with Crippen LogP contribution in [-0.4, -0.2) is 32.9 Å². The molecule has 26 heavy (non-hydrogen) atoms. The number of benzene rings is 1. The second kappa shape index (κ2) is 7.44. The Hall–Kier alpha value is -2.43. The Kier molecular flexibility index (Phi) is 5.69. The molecule has 0 radical (unpaired) electrons. The highest BCUT2D eigenvalue weighted by Gasteiger charge is 2.31. The number of aromatic nitrogens is 3. The van der Waals surface area contributed by atoms with Crippen molar-refractivity contribution in [3.8, 4) is 5.75 Å². The molecule has 0 atom stereocenters. The lowest BCUT2D eigenvalue weighted by atomic mass is 9.96. The molecule has 2 rings (SSSR count). The molecule has 0 aliphatic carbocycles. The topological polar surface area (TPSA) is 95.1 Å². The van der Waals surface area contributed by atoms with Crippen molar-refractivity contribution in [2.45, 2.75) is 37.7 Å².